The van der Waals surface area contributed by atoms with Crippen LogP contribution in [-0.4, -0.2) is 102 Å². The number of allylic oxidation sites excluding steroid dienone is 4. The predicted molar refractivity (Wildman–Crippen MR) is 209 cm³/mol. The number of benzene rings is 1. The van der Waals surface area contributed by atoms with Crippen LogP contribution >= 0.6 is 0 Å². The van der Waals surface area contributed by atoms with E-state index in [0.717, 1.165) is 18.9 Å². The third-order valence-corrected chi connectivity index (χ3v) is 14.5. The number of carbonyl (C=O) groups excluding carboxylic acids is 4. The number of hydrogen-bond acceptors (Lipinski definition) is 11. The third kappa shape index (κ3) is 5.96. The highest BCUT2D eigenvalue weighted by atomic mass is 19.1. The van der Waals surface area contributed by atoms with Gasteiger partial charge in [-0.05, 0) is 82.9 Å². The molecule has 5 fully saturated rings. The number of ether oxygens (including phenoxy) is 2. The smallest absolute Gasteiger partial charge is 0.307 e. The molecule has 8 atom stereocenters. The lowest BCUT2D eigenvalue weighted by Gasteiger charge is -2.63. The molecular weight excluding hydrogens is 754 g/mol. The fourth-order valence-corrected chi connectivity index (χ4v) is 11.4. The maximum absolute atomic E-state index is 18.4. The summed E-state index contributed by atoms with van der Waals surface area (Å²) >= 11 is 0. The fraction of sp³-hybridized carbons (Fsp3) is 0.605. The number of nitrogens with one attached hydrogen (secondary N) is 2. The first-order valence-electron chi connectivity index (χ1n) is 20.4. The van der Waals surface area contributed by atoms with Crippen LogP contribution in [0.15, 0.2) is 40.9 Å². The van der Waals surface area contributed by atoms with E-state index in [1.54, 1.807) is 18.4 Å². The first kappa shape index (κ1) is 40.3. The molecule has 1 saturated heterocycles. The van der Waals surface area contributed by atoms with Gasteiger partial charge in [0.2, 0.25) is 5.43 Å². The fourth-order valence-electron chi connectivity index (χ4n) is 11.4. The molecule has 6 aliphatic rings. The van der Waals surface area contributed by atoms with Gasteiger partial charge >= 0.3 is 5.97 Å². The Morgan fingerprint density at radius 3 is 2.57 bits per heavy atom. The molecule has 0 spiro atoms. The average molecular weight is 807 g/mol. The highest BCUT2D eigenvalue weighted by Gasteiger charge is 2.75. The molecule has 4 saturated carbocycles. The van der Waals surface area contributed by atoms with Crippen molar-refractivity contribution in [2.75, 3.05) is 44.8 Å². The minimum Gasteiger partial charge on any atom is -0.492 e. The zero-order valence-electron chi connectivity index (χ0n) is 33.4. The Hall–Kier alpha value is -4.47. The van der Waals surface area contributed by atoms with E-state index in [0.29, 0.717) is 50.0 Å². The number of anilines is 1. The summed E-state index contributed by atoms with van der Waals surface area (Å²) in [4.78, 5) is 68.6. The molecule has 0 bridgehead atoms. The van der Waals surface area contributed by atoms with Gasteiger partial charge in [0.15, 0.2) is 28.8 Å². The first-order chi connectivity index (χ1) is 27.5. The predicted octanol–water partition coefficient (Wildman–Crippen LogP) is 3.62. The molecule has 312 valence electrons. The van der Waals surface area contributed by atoms with Crippen molar-refractivity contribution in [3.05, 3.63) is 57.7 Å². The molecule has 58 heavy (non-hydrogen) atoms. The average Bonchev–Trinajstić information content (AvgIpc) is 4.00. The van der Waals surface area contributed by atoms with E-state index in [9.17, 15) is 34.2 Å². The van der Waals surface area contributed by atoms with E-state index >= 15 is 8.78 Å². The van der Waals surface area contributed by atoms with Crippen molar-refractivity contribution < 1.29 is 47.6 Å². The number of amides is 1. The molecule has 0 radical (unpaired) electrons. The number of ketones is 2. The molecule has 1 aliphatic heterocycles. The Kier molecular flexibility index (Phi) is 9.99. The second kappa shape index (κ2) is 14.4. The lowest BCUT2D eigenvalue weighted by molar-refractivity contribution is -0.228. The van der Waals surface area contributed by atoms with E-state index in [1.165, 1.54) is 31.5 Å². The molecular formula is C43H52F2N4O9. The number of methoxy groups -OCH3 is 1. The number of piperazine rings is 1. The Bertz CT molecular complexity index is 2220. The summed E-state index contributed by atoms with van der Waals surface area (Å²) < 4.78 is 47.9. The standard InChI is InChI=1S/C43H52F2N4O9/c1-23-20-48(16-15-46-23)36-31(44)18-27-35(38(36)57-4)49(25-6-7-25)21-28(37(27)54)39(55)47-14-11-34(53)58-33-19-41(3)29(10-13-42(41,56)32(52)22-50)30-8-5-24-17-26(51)9-12-40(24,2)43(30,33)45/h9,12,17-18,21,23,25,29-30,33,46,50,56H,5-8,10-11,13-16,19-20,22H2,1-4H3,(H,47,55)/t23?,29-,30?,33-,40-,41-,42-,43-/m0/s1. The molecule has 2 aromatic rings. The number of aliphatic hydroxyl groups excluding tert-OH is 1. The number of rotatable bonds is 10. The SMILES string of the molecule is COc1c(N2CCNC(C)C2)c(F)cc2c(=O)c(C(=O)NCCC(=O)O[C@H]3C[C@@]4(C)[C@@H](CC[C@]4(O)C(=O)CO)C4CCC5=CC(=O)C=C[C@]5(C)[C@]43F)cn(C3CC3)c12. The van der Waals surface area contributed by atoms with Crippen LogP contribution in [0.1, 0.15) is 88.5 Å². The highest BCUT2D eigenvalue weighted by molar-refractivity contribution is 6.01. The number of aromatic nitrogens is 1. The van der Waals surface area contributed by atoms with Gasteiger partial charge in [-0.1, -0.05) is 18.6 Å². The van der Waals surface area contributed by atoms with Crippen molar-refractivity contribution >= 4 is 40.0 Å². The Morgan fingerprint density at radius 1 is 1.12 bits per heavy atom. The van der Waals surface area contributed by atoms with E-state index in [1.807, 2.05) is 11.8 Å². The molecule has 1 aromatic carbocycles. The summed E-state index contributed by atoms with van der Waals surface area (Å²) in [5, 5.41) is 27.6. The van der Waals surface area contributed by atoms with Crippen molar-refractivity contribution in [3.63, 3.8) is 0 Å². The van der Waals surface area contributed by atoms with Crippen LogP contribution in [0.25, 0.3) is 10.9 Å². The highest BCUT2D eigenvalue weighted by Crippen LogP contribution is 2.70. The normalized spacial score (nSPS) is 34.2. The van der Waals surface area contributed by atoms with Crippen LogP contribution in [0.3, 0.4) is 0 Å². The third-order valence-electron chi connectivity index (χ3n) is 14.5. The Balaban J connectivity index is 1.05. The van der Waals surface area contributed by atoms with E-state index < -0.39 is 82.0 Å². The molecule has 5 aliphatic carbocycles. The molecule has 13 nitrogen and oxygen atoms in total. The molecule has 2 heterocycles. The van der Waals surface area contributed by atoms with Crippen molar-refractivity contribution in [2.24, 2.45) is 22.7 Å². The van der Waals surface area contributed by atoms with Crippen molar-refractivity contribution in [3.8, 4) is 5.75 Å². The number of fused-ring (bicyclic) bond motifs is 6. The number of pyridine rings is 1. The molecule has 1 aromatic heterocycles. The van der Waals surface area contributed by atoms with E-state index in [2.05, 4.69) is 10.6 Å². The van der Waals surface area contributed by atoms with Crippen molar-refractivity contribution in [1.29, 1.82) is 0 Å². The molecule has 8 rings (SSSR count). The van der Waals surface area contributed by atoms with Gasteiger partial charge in [0.1, 0.15) is 29.6 Å². The maximum Gasteiger partial charge on any atom is 0.307 e. The second-order valence-electron chi connectivity index (χ2n) is 17.7. The van der Waals surface area contributed by atoms with Crippen LogP contribution in [0.5, 0.6) is 5.75 Å². The molecule has 15 heteroatoms. The summed E-state index contributed by atoms with van der Waals surface area (Å²) in [6.07, 6.45) is 6.28. The Labute approximate surface area is 334 Å². The van der Waals surface area contributed by atoms with Crippen LogP contribution in [0, 0.1) is 28.5 Å². The largest absolute Gasteiger partial charge is 0.492 e. The van der Waals surface area contributed by atoms with Crippen LogP contribution < -0.4 is 25.7 Å². The van der Waals surface area contributed by atoms with Gasteiger partial charge in [-0.2, -0.15) is 0 Å². The number of esters is 1. The zero-order chi connectivity index (χ0) is 41.5. The number of alkyl halides is 1. The minimum absolute atomic E-state index is 0.00783. The first-order valence-corrected chi connectivity index (χ1v) is 20.4. The van der Waals surface area contributed by atoms with Gasteiger partial charge in [0, 0.05) is 61.2 Å². The summed E-state index contributed by atoms with van der Waals surface area (Å²) in [6.45, 7) is 5.91. The number of carbonyl (C=O) groups is 4. The van der Waals surface area contributed by atoms with Crippen molar-refractivity contribution in [1.82, 2.24) is 15.2 Å². The number of Topliss-reactive ketones (excluding diaryl/α,β-unsaturated/α-hetero) is 1. The van der Waals surface area contributed by atoms with Gasteiger partial charge in [-0.15, -0.1) is 0 Å². The summed E-state index contributed by atoms with van der Waals surface area (Å²) in [5.41, 5.74) is -6.44. The van der Waals surface area contributed by atoms with E-state index in [4.69, 9.17) is 9.47 Å². The number of aliphatic hydroxyl groups is 2. The van der Waals surface area contributed by atoms with Crippen LogP contribution in [-0.2, 0) is 19.1 Å². The van der Waals surface area contributed by atoms with Gasteiger partial charge in [-0.25, -0.2) is 8.78 Å². The van der Waals surface area contributed by atoms with Gasteiger partial charge in [0.25, 0.3) is 5.91 Å². The summed E-state index contributed by atoms with van der Waals surface area (Å²) in [7, 11) is 1.43. The maximum atomic E-state index is 18.4. The second-order valence-corrected chi connectivity index (χ2v) is 17.7. The van der Waals surface area contributed by atoms with Crippen LogP contribution in [0.2, 0.25) is 0 Å². The van der Waals surface area contributed by atoms with E-state index in [-0.39, 0.29) is 59.6 Å². The Morgan fingerprint density at radius 2 is 1.88 bits per heavy atom. The summed E-state index contributed by atoms with van der Waals surface area (Å²) in [5.74, 6) is -4.34. The monoisotopic (exact) mass is 806 g/mol. The lowest BCUT2D eigenvalue weighted by Crippen LogP contribution is -2.69. The van der Waals surface area contributed by atoms with Crippen LogP contribution in [0.4, 0.5) is 14.5 Å². The molecule has 2 unspecified atom stereocenters. The lowest BCUT2D eigenvalue weighted by atomic mass is 9.44. The topological polar surface area (TPSA) is 176 Å². The van der Waals surface area contributed by atoms with Crippen molar-refractivity contribution in [2.45, 2.75) is 102 Å². The number of halogens is 2. The van der Waals surface area contributed by atoms with Gasteiger partial charge < -0.3 is 39.8 Å². The van der Waals surface area contributed by atoms with Gasteiger partial charge in [0.05, 0.1) is 24.4 Å². The molecule has 4 N–H and O–H groups in total. The summed E-state index contributed by atoms with van der Waals surface area (Å²) in [6, 6.07) is 1.23. The molecule has 1 amide bonds. The van der Waals surface area contributed by atoms with Gasteiger partial charge in [-0.3, -0.25) is 24.0 Å². The number of hydrogen-bond donors (Lipinski definition) is 4. The quantitative estimate of drug-likeness (QED) is 0.258. The zero-order valence-corrected chi connectivity index (χ0v) is 33.4. The minimum atomic E-state index is -2.22. The number of nitrogens with zero attached hydrogens (tertiary/aromatic N) is 2.